The Kier molecular flexibility index (Phi) is 2.28. The summed E-state index contributed by atoms with van der Waals surface area (Å²) in [5.74, 6) is -1.69. The lowest BCUT2D eigenvalue weighted by atomic mass is 10.1. The molecule has 0 spiro atoms. The topological polar surface area (TPSA) is 46.2 Å². The van der Waals surface area contributed by atoms with Crippen molar-refractivity contribution in [3.8, 4) is 0 Å². The van der Waals surface area contributed by atoms with Gasteiger partial charge in [-0.3, -0.25) is 0 Å². The molecule has 1 atom stereocenters. The van der Waals surface area contributed by atoms with E-state index >= 15 is 0 Å². The molecule has 1 rings (SSSR count). The van der Waals surface area contributed by atoms with Crippen molar-refractivity contribution in [1.29, 1.82) is 0 Å². The Bertz CT molecular complexity index is 299. The van der Waals surface area contributed by atoms with Crippen molar-refractivity contribution in [2.45, 2.75) is 13.0 Å². The summed E-state index contributed by atoms with van der Waals surface area (Å²) < 4.78 is 25.6. The number of aliphatic hydroxyl groups is 1. The summed E-state index contributed by atoms with van der Waals surface area (Å²) in [7, 11) is 0. The van der Waals surface area contributed by atoms with Crippen molar-refractivity contribution >= 4 is 5.69 Å². The van der Waals surface area contributed by atoms with Crippen LogP contribution in [0.3, 0.4) is 0 Å². The van der Waals surface area contributed by atoms with Crippen LogP contribution in [0.1, 0.15) is 18.6 Å². The minimum absolute atomic E-state index is 0.00824. The molecule has 66 valence electrons. The molecule has 12 heavy (non-hydrogen) atoms. The summed E-state index contributed by atoms with van der Waals surface area (Å²) in [4.78, 5) is 0. The van der Waals surface area contributed by atoms with Gasteiger partial charge >= 0.3 is 0 Å². The number of halogens is 2. The van der Waals surface area contributed by atoms with E-state index in [9.17, 15) is 8.78 Å². The van der Waals surface area contributed by atoms with Crippen LogP contribution < -0.4 is 5.73 Å². The van der Waals surface area contributed by atoms with Gasteiger partial charge in [-0.2, -0.15) is 0 Å². The van der Waals surface area contributed by atoms with Crippen LogP contribution in [-0.4, -0.2) is 5.11 Å². The maximum Gasteiger partial charge on any atom is 0.154 e. The van der Waals surface area contributed by atoms with Crippen molar-refractivity contribution in [2.24, 2.45) is 0 Å². The largest absolute Gasteiger partial charge is 0.394 e. The first-order valence-electron chi connectivity index (χ1n) is 3.45. The third kappa shape index (κ3) is 1.38. The fourth-order valence-corrected chi connectivity index (χ4v) is 0.909. The Balaban J connectivity index is 3.27. The summed E-state index contributed by atoms with van der Waals surface area (Å²) in [6.07, 6.45) is -0.979. The molecule has 1 unspecified atom stereocenters. The summed E-state index contributed by atoms with van der Waals surface area (Å²) in [5.41, 5.74) is 4.52. The maximum atomic E-state index is 13.0. The van der Waals surface area contributed by atoms with Crippen molar-refractivity contribution in [2.75, 3.05) is 5.73 Å². The monoisotopic (exact) mass is 173 g/mol. The Hall–Kier alpha value is -1.16. The van der Waals surface area contributed by atoms with Gasteiger partial charge in [0.05, 0.1) is 6.10 Å². The molecular weight excluding hydrogens is 164 g/mol. The molecule has 1 aromatic carbocycles. The predicted molar refractivity (Wildman–Crippen MR) is 41.4 cm³/mol. The van der Waals surface area contributed by atoms with E-state index in [1.165, 1.54) is 13.0 Å². The Morgan fingerprint density at radius 2 is 2.00 bits per heavy atom. The minimum Gasteiger partial charge on any atom is -0.394 e. The van der Waals surface area contributed by atoms with E-state index in [0.717, 1.165) is 6.07 Å². The SMILES string of the molecule is CC(O)c1ccc(F)c(N)c1F. The van der Waals surface area contributed by atoms with E-state index < -0.39 is 23.4 Å². The van der Waals surface area contributed by atoms with Crippen molar-refractivity contribution in [1.82, 2.24) is 0 Å². The van der Waals surface area contributed by atoms with Crippen molar-refractivity contribution in [3.63, 3.8) is 0 Å². The zero-order chi connectivity index (χ0) is 9.30. The predicted octanol–water partition coefficient (Wildman–Crippen LogP) is 1.60. The highest BCUT2D eigenvalue weighted by atomic mass is 19.1. The number of nitrogen functional groups attached to an aromatic ring is 1. The fraction of sp³-hybridized carbons (Fsp3) is 0.250. The number of hydrogen-bond acceptors (Lipinski definition) is 2. The van der Waals surface area contributed by atoms with E-state index in [1.807, 2.05) is 0 Å². The molecule has 0 saturated carbocycles. The molecule has 2 nitrogen and oxygen atoms in total. The van der Waals surface area contributed by atoms with E-state index in [4.69, 9.17) is 10.8 Å². The summed E-state index contributed by atoms with van der Waals surface area (Å²) in [6.45, 7) is 1.38. The minimum atomic E-state index is -0.979. The first-order valence-corrected chi connectivity index (χ1v) is 3.45. The van der Waals surface area contributed by atoms with E-state index in [-0.39, 0.29) is 5.56 Å². The molecular formula is C8H9F2NO. The van der Waals surface area contributed by atoms with Crippen molar-refractivity contribution < 1.29 is 13.9 Å². The van der Waals surface area contributed by atoms with Crippen LogP contribution in [0.15, 0.2) is 12.1 Å². The van der Waals surface area contributed by atoms with Gasteiger partial charge in [-0.25, -0.2) is 8.78 Å². The highest BCUT2D eigenvalue weighted by Gasteiger charge is 2.13. The lowest BCUT2D eigenvalue weighted by molar-refractivity contribution is 0.194. The third-order valence-corrected chi connectivity index (χ3v) is 1.61. The van der Waals surface area contributed by atoms with Gasteiger partial charge in [0.1, 0.15) is 11.5 Å². The molecule has 0 radical (unpaired) electrons. The Labute approximate surface area is 68.6 Å². The van der Waals surface area contributed by atoms with Crippen LogP contribution in [0, 0.1) is 11.6 Å². The highest BCUT2D eigenvalue weighted by Crippen LogP contribution is 2.23. The van der Waals surface area contributed by atoms with Crippen LogP contribution in [0.25, 0.3) is 0 Å². The molecule has 0 aliphatic carbocycles. The molecule has 0 aromatic heterocycles. The molecule has 0 aliphatic heterocycles. The number of hydrogen-bond donors (Lipinski definition) is 2. The second-order valence-corrected chi connectivity index (χ2v) is 2.54. The van der Waals surface area contributed by atoms with Crippen LogP contribution in [0.2, 0.25) is 0 Å². The average Bonchev–Trinajstić information content (AvgIpc) is 2.00. The van der Waals surface area contributed by atoms with Gasteiger partial charge < -0.3 is 10.8 Å². The first-order chi connectivity index (χ1) is 5.54. The third-order valence-electron chi connectivity index (χ3n) is 1.61. The summed E-state index contributed by atoms with van der Waals surface area (Å²) in [5, 5.41) is 9.00. The number of anilines is 1. The Morgan fingerprint density at radius 3 is 2.50 bits per heavy atom. The normalized spacial score (nSPS) is 13.0. The van der Waals surface area contributed by atoms with Crippen LogP contribution >= 0.6 is 0 Å². The zero-order valence-electron chi connectivity index (χ0n) is 6.51. The van der Waals surface area contributed by atoms with Gasteiger partial charge in [0.15, 0.2) is 5.82 Å². The molecule has 4 heteroatoms. The lowest BCUT2D eigenvalue weighted by Crippen LogP contribution is -2.02. The standard InChI is InChI=1S/C8H9F2NO/c1-4(12)5-2-3-6(9)8(11)7(5)10/h2-4,12H,11H2,1H3. The first kappa shape index (κ1) is 8.93. The maximum absolute atomic E-state index is 13.0. The number of aliphatic hydroxyl groups excluding tert-OH is 1. The molecule has 0 fully saturated rings. The molecule has 0 saturated heterocycles. The smallest absolute Gasteiger partial charge is 0.154 e. The van der Waals surface area contributed by atoms with Crippen molar-refractivity contribution in [3.05, 3.63) is 29.3 Å². The van der Waals surface area contributed by atoms with E-state index in [0.29, 0.717) is 0 Å². The van der Waals surface area contributed by atoms with Crippen LogP contribution in [0.4, 0.5) is 14.5 Å². The molecule has 3 N–H and O–H groups in total. The molecule has 0 heterocycles. The second kappa shape index (κ2) is 3.06. The summed E-state index contributed by atoms with van der Waals surface area (Å²) >= 11 is 0. The molecule has 0 aliphatic rings. The molecule has 1 aromatic rings. The van der Waals surface area contributed by atoms with E-state index in [1.54, 1.807) is 0 Å². The van der Waals surface area contributed by atoms with Crippen LogP contribution in [0.5, 0.6) is 0 Å². The average molecular weight is 173 g/mol. The second-order valence-electron chi connectivity index (χ2n) is 2.54. The number of nitrogens with two attached hydrogens (primary N) is 1. The van der Waals surface area contributed by atoms with Crippen LogP contribution in [-0.2, 0) is 0 Å². The molecule has 0 amide bonds. The highest BCUT2D eigenvalue weighted by molar-refractivity contribution is 5.45. The van der Waals surface area contributed by atoms with Gasteiger partial charge in [-0.15, -0.1) is 0 Å². The van der Waals surface area contributed by atoms with Gasteiger partial charge in [-0.05, 0) is 13.0 Å². The lowest BCUT2D eigenvalue weighted by Gasteiger charge is -2.07. The van der Waals surface area contributed by atoms with Gasteiger partial charge in [0.25, 0.3) is 0 Å². The molecule has 0 bridgehead atoms. The summed E-state index contributed by atoms with van der Waals surface area (Å²) in [6, 6.07) is 2.20. The van der Waals surface area contributed by atoms with Gasteiger partial charge in [-0.1, -0.05) is 6.07 Å². The number of rotatable bonds is 1. The zero-order valence-corrected chi connectivity index (χ0v) is 6.51. The quantitative estimate of drug-likeness (QED) is 0.633. The van der Waals surface area contributed by atoms with E-state index in [2.05, 4.69) is 0 Å². The van der Waals surface area contributed by atoms with Gasteiger partial charge in [0.2, 0.25) is 0 Å². The fourth-order valence-electron chi connectivity index (χ4n) is 0.909. The van der Waals surface area contributed by atoms with Gasteiger partial charge in [0, 0.05) is 5.56 Å². The Morgan fingerprint density at radius 1 is 1.42 bits per heavy atom. The number of benzene rings is 1.